The van der Waals surface area contributed by atoms with Gasteiger partial charge >= 0.3 is 5.97 Å². The minimum absolute atomic E-state index is 0.00449. The number of carboxylic acid groups (broad SMARTS) is 1. The average molecular weight is 512 g/mol. The number of halogens is 1. The van der Waals surface area contributed by atoms with Gasteiger partial charge in [0.2, 0.25) is 0 Å². The van der Waals surface area contributed by atoms with Crippen molar-refractivity contribution in [2.45, 2.75) is 89.0 Å². The summed E-state index contributed by atoms with van der Waals surface area (Å²) in [5, 5.41) is 18.9. The normalized spacial score (nSPS) is 17.3. The fourth-order valence-electron chi connectivity index (χ4n) is 5.22. The van der Waals surface area contributed by atoms with Gasteiger partial charge in [-0.1, -0.05) is 62.4 Å². The third-order valence-corrected chi connectivity index (χ3v) is 7.25. The molecule has 0 spiro atoms. The van der Waals surface area contributed by atoms with Crippen LogP contribution in [0.3, 0.4) is 0 Å². The summed E-state index contributed by atoms with van der Waals surface area (Å²) in [6, 6.07) is 12.9. The summed E-state index contributed by atoms with van der Waals surface area (Å²) in [6.45, 7) is 0.240. The van der Waals surface area contributed by atoms with Crippen molar-refractivity contribution in [2.24, 2.45) is 0 Å². The van der Waals surface area contributed by atoms with Crippen molar-refractivity contribution in [3.8, 4) is 0 Å². The zero-order valence-corrected chi connectivity index (χ0v) is 21.3. The third-order valence-electron chi connectivity index (χ3n) is 7.25. The number of aliphatic carboxylic acids is 1. The molecule has 1 amide bonds. The van der Waals surface area contributed by atoms with Crippen molar-refractivity contribution in [3.63, 3.8) is 0 Å². The molecule has 200 valence electrons. The maximum atomic E-state index is 15.2. The molecule has 4 N–H and O–H groups in total. The Morgan fingerprint density at radius 2 is 1.54 bits per heavy atom. The molecule has 7 nitrogen and oxygen atoms in total. The van der Waals surface area contributed by atoms with E-state index >= 15 is 4.39 Å². The van der Waals surface area contributed by atoms with Crippen LogP contribution in [0, 0.1) is 5.82 Å². The maximum absolute atomic E-state index is 15.2. The Morgan fingerprint density at radius 1 is 0.919 bits per heavy atom. The Hall–Kier alpha value is -3.13. The fourth-order valence-corrected chi connectivity index (χ4v) is 5.22. The molecule has 2 aliphatic rings. The number of benzene rings is 2. The van der Waals surface area contributed by atoms with E-state index in [4.69, 9.17) is 4.74 Å². The number of ether oxygens (including phenoxy) is 1. The van der Waals surface area contributed by atoms with Gasteiger partial charge in [-0.3, -0.25) is 9.59 Å². The van der Waals surface area contributed by atoms with Crippen LogP contribution in [0.4, 0.5) is 15.8 Å². The van der Waals surface area contributed by atoms with Crippen LogP contribution in [-0.2, 0) is 16.1 Å². The highest BCUT2D eigenvalue weighted by Gasteiger charge is 2.23. The molecule has 2 aliphatic carbocycles. The van der Waals surface area contributed by atoms with Crippen LogP contribution in [0.5, 0.6) is 0 Å². The minimum atomic E-state index is -1.01. The molecule has 0 saturated heterocycles. The van der Waals surface area contributed by atoms with Gasteiger partial charge in [0.25, 0.3) is 5.91 Å². The molecule has 2 fully saturated rings. The Labute approximate surface area is 218 Å². The number of carbonyl (C=O) groups is 2. The van der Waals surface area contributed by atoms with Crippen molar-refractivity contribution in [2.75, 3.05) is 17.2 Å². The zero-order valence-electron chi connectivity index (χ0n) is 21.3. The molecule has 37 heavy (non-hydrogen) atoms. The lowest BCUT2D eigenvalue weighted by molar-refractivity contribution is -0.140. The van der Waals surface area contributed by atoms with Gasteiger partial charge in [0.05, 0.1) is 30.4 Å². The van der Waals surface area contributed by atoms with Crippen LogP contribution in [0.1, 0.15) is 80.1 Å². The topological polar surface area (TPSA) is 99.7 Å². The highest BCUT2D eigenvalue weighted by atomic mass is 19.1. The number of hydrogen-bond donors (Lipinski definition) is 4. The van der Waals surface area contributed by atoms with Gasteiger partial charge < -0.3 is 25.8 Å². The molecule has 0 radical (unpaired) electrons. The standard InChI is InChI=1S/C29H38FN3O4/c30-25-16-24(29(36)31-18-23(15-28(34)35)37-19-20-9-3-1-4-10-20)26(32-21-13-7-8-14-21)17-27(25)33-22-11-5-2-6-12-22/h1,3-4,9-10,16-17,21-23,32-33H,2,5-8,11-15,18-19H2,(H,31,36)(H,34,35). The number of carboxylic acids is 1. The van der Waals surface area contributed by atoms with E-state index in [1.54, 1.807) is 6.07 Å². The van der Waals surface area contributed by atoms with E-state index in [0.717, 1.165) is 56.9 Å². The van der Waals surface area contributed by atoms with E-state index in [0.29, 0.717) is 11.4 Å². The number of rotatable bonds is 12. The quantitative estimate of drug-likeness (QED) is 0.291. The zero-order chi connectivity index (χ0) is 26.0. The lowest BCUT2D eigenvalue weighted by atomic mass is 9.95. The summed E-state index contributed by atoms with van der Waals surface area (Å²) in [4.78, 5) is 24.6. The maximum Gasteiger partial charge on any atom is 0.306 e. The predicted molar refractivity (Wildman–Crippen MR) is 142 cm³/mol. The van der Waals surface area contributed by atoms with E-state index < -0.39 is 23.8 Å². The fraction of sp³-hybridized carbons (Fsp3) is 0.517. The molecule has 0 heterocycles. The molecule has 4 rings (SSSR count). The average Bonchev–Trinajstić information content (AvgIpc) is 3.41. The van der Waals surface area contributed by atoms with Crippen LogP contribution >= 0.6 is 0 Å². The highest BCUT2D eigenvalue weighted by molar-refractivity contribution is 6.00. The number of amides is 1. The summed E-state index contributed by atoms with van der Waals surface area (Å²) < 4.78 is 21.0. The number of carbonyl (C=O) groups excluding carboxylic acids is 1. The number of nitrogens with one attached hydrogen (secondary N) is 3. The summed E-state index contributed by atoms with van der Waals surface area (Å²) in [7, 11) is 0. The third kappa shape index (κ3) is 8.18. The summed E-state index contributed by atoms with van der Waals surface area (Å²) in [6.07, 6.45) is 8.83. The van der Waals surface area contributed by atoms with Crippen LogP contribution in [0.15, 0.2) is 42.5 Å². The van der Waals surface area contributed by atoms with Crippen molar-refractivity contribution in [1.29, 1.82) is 0 Å². The second kappa shape index (κ2) is 13.4. The van der Waals surface area contributed by atoms with Gasteiger partial charge in [0, 0.05) is 24.3 Å². The lowest BCUT2D eigenvalue weighted by Gasteiger charge is -2.25. The minimum Gasteiger partial charge on any atom is -0.481 e. The van der Waals surface area contributed by atoms with Crippen LogP contribution in [0.25, 0.3) is 0 Å². The molecule has 2 aromatic carbocycles. The molecule has 2 aromatic rings. The van der Waals surface area contributed by atoms with Crippen molar-refractivity contribution in [3.05, 3.63) is 59.4 Å². The summed E-state index contributed by atoms with van der Waals surface area (Å²) in [5.41, 5.74) is 2.15. The molecular weight excluding hydrogens is 473 g/mol. The van der Waals surface area contributed by atoms with Gasteiger partial charge in [-0.2, -0.15) is 0 Å². The first-order chi connectivity index (χ1) is 18.0. The predicted octanol–water partition coefficient (Wildman–Crippen LogP) is 5.71. The SMILES string of the molecule is O=C(O)CC(CNC(=O)c1cc(F)c(NC2CCCCC2)cc1NC1CCCC1)OCc1ccccc1. The first kappa shape index (κ1) is 26.9. The van der Waals surface area contributed by atoms with Gasteiger partial charge in [-0.05, 0) is 43.4 Å². The Kier molecular flexibility index (Phi) is 9.77. The summed E-state index contributed by atoms with van der Waals surface area (Å²) >= 11 is 0. The van der Waals surface area contributed by atoms with Crippen LogP contribution < -0.4 is 16.0 Å². The number of anilines is 2. The highest BCUT2D eigenvalue weighted by Crippen LogP contribution is 2.31. The lowest BCUT2D eigenvalue weighted by Crippen LogP contribution is -2.35. The number of hydrogen-bond acceptors (Lipinski definition) is 5. The van der Waals surface area contributed by atoms with Crippen molar-refractivity contribution >= 4 is 23.3 Å². The Morgan fingerprint density at radius 3 is 2.19 bits per heavy atom. The summed E-state index contributed by atoms with van der Waals surface area (Å²) in [5.74, 6) is -1.93. The molecule has 0 aromatic heterocycles. The van der Waals surface area contributed by atoms with Crippen molar-refractivity contribution < 1.29 is 23.8 Å². The van der Waals surface area contributed by atoms with Crippen LogP contribution in [-0.4, -0.2) is 41.7 Å². The van der Waals surface area contributed by atoms with Gasteiger partial charge in [-0.15, -0.1) is 0 Å². The molecule has 0 aliphatic heterocycles. The van der Waals surface area contributed by atoms with E-state index in [2.05, 4.69) is 16.0 Å². The molecular formula is C29H38FN3O4. The molecule has 1 atom stereocenters. The molecule has 2 saturated carbocycles. The van der Waals surface area contributed by atoms with Gasteiger partial charge in [-0.25, -0.2) is 4.39 Å². The van der Waals surface area contributed by atoms with E-state index in [-0.39, 0.29) is 37.2 Å². The molecule has 0 bridgehead atoms. The van der Waals surface area contributed by atoms with Crippen LogP contribution in [0.2, 0.25) is 0 Å². The molecule has 8 heteroatoms. The Balaban J connectivity index is 1.46. The van der Waals surface area contributed by atoms with Crippen molar-refractivity contribution in [1.82, 2.24) is 5.32 Å². The van der Waals surface area contributed by atoms with Gasteiger partial charge in [0.15, 0.2) is 0 Å². The first-order valence-corrected chi connectivity index (χ1v) is 13.5. The Bertz CT molecular complexity index is 1040. The second-order valence-corrected chi connectivity index (χ2v) is 10.2. The van der Waals surface area contributed by atoms with E-state index in [9.17, 15) is 14.7 Å². The largest absolute Gasteiger partial charge is 0.481 e. The monoisotopic (exact) mass is 511 g/mol. The van der Waals surface area contributed by atoms with E-state index in [1.807, 2.05) is 30.3 Å². The second-order valence-electron chi connectivity index (χ2n) is 10.2. The molecule has 1 unspecified atom stereocenters. The first-order valence-electron chi connectivity index (χ1n) is 13.5. The smallest absolute Gasteiger partial charge is 0.306 e. The van der Waals surface area contributed by atoms with Gasteiger partial charge in [0.1, 0.15) is 5.82 Å². The van der Waals surface area contributed by atoms with E-state index in [1.165, 1.54) is 12.5 Å².